The molecule has 2 heterocycles. The van der Waals surface area contributed by atoms with E-state index in [-0.39, 0.29) is 10.8 Å². The van der Waals surface area contributed by atoms with E-state index < -0.39 is 30.3 Å². The van der Waals surface area contributed by atoms with Crippen LogP contribution in [0.25, 0.3) is 0 Å². The summed E-state index contributed by atoms with van der Waals surface area (Å²) in [6.07, 6.45) is -1.85. The molecule has 0 aromatic heterocycles. The topological polar surface area (TPSA) is 61.8 Å². The SMILES string of the molecule is CC(=O)O[C@H]1[C@H](OC(C)=O)[C@@H]2CS[C@@H](Cl)[C@H]1O2. The molecule has 2 rings (SSSR count). The van der Waals surface area contributed by atoms with Crippen molar-refractivity contribution in [3.8, 4) is 0 Å². The summed E-state index contributed by atoms with van der Waals surface area (Å²) in [7, 11) is 0. The lowest BCUT2D eigenvalue weighted by Gasteiger charge is -2.25. The molecule has 0 aromatic carbocycles. The molecule has 0 N–H and O–H groups in total. The van der Waals surface area contributed by atoms with Crippen molar-refractivity contribution in [3.63, 3.8) is 0 Å². The van der Waals surface area contributed by atoms with E-state index in [0.29, 0.717) is 5.75 Å². The van der Waals surface area contributed by atoms with Crippen molar-refractivity contribution in [1.82, 2.24) is 0 Å². The van der Waals surface area contributed by atoms with Crippen molar-refractivity contribution in [2.75, 3.05) is 5.75 Å². The Kier molecular flexibility index (Phi) is 3.85. The highest BCUT2D eigenvalue weighted by atomic mass is 35.5. The first-order valence-electron chi connectivity index (χ1n) is 5.24. The number of ether oxygens (including phenoxy) is 3. The first kappa shape index (κ1) is 13.0. The summed E-state index contributed by atoms with van der Waals surface area (Å²) >= 11 is 7.61. The molecule has 0 spiro atoms. The molecule has 2 saturated heterocycles. The summed E-state index contributed by atoms with van der Waals surface area (Å²) in [4.78, 5) is 22.1. The second kappa shape index (κ2) is 5.04. The van der Waals surface area contributed by atoms with Crippen LogP contribution in [0.1, 0.15) is 13.8 Å². The maximum absolute atomic E-state index is 11.1. The van der Waals surface area contributed by atoms with Crippen LogP contribution in [-0.2, 0) is 23.8 Å². The average molecular weight is 281 g/mol. The smallest absolute Gasteiger partial charge is 0.303 e. The number of halogens is 1. The Morgan fingerprint density at radius 1 is 1.24 bits per heavy atom. The fraction of sp³-hybridized carbons (Fsp3) is 0.800. The number of hydrogen-bond acceptors (Lipinski definition) is 6. The number of carbonyl (C=O) groups excluding carboxylic acids is 2. The Bertz CT molecular complexity index is 337. The lowest BCUT2D eigenvalue weighted by molar-refractivity contribution is -0.163. The predicted octanol–water partition coefficient (Wildman–Crippen LogP) is 0.929. The fourth-order valence-corrected chi connectivity index (χ4v) is 3.51. The lowest BCUT2D eigenvalue weighted by Crippen LogP contribution is -2.40. The zero-order chi connectivity index (χ0) is 12.6. The fourth-order valence-electron chi connectivity index (χ4n) is 2.04. The Morgan fingerprint density at radius 2 is 1.82 bits per heavy atom. The molecule has 7 heteroatoms. The highest BCUT2D eigenvalue weighted by molar-refractivity contribution is 8.01. The molecule has 2 aliphatic heterocycles. The quantitative estimate of drug-likeness (QED) is 0.554. The van der Waals surface area contributed by atoms with Crippen LogP contribution < -0.4 is 0 Å². The van der Waals surface area contributed by atoms with Crippen molar-refractivity contribution < 1.29 is 23.8 Å². The number of rotatable bonds is 2. The summed E-state index contributed by atoms with van der Waals surface area (Å²) in [6.45, 7) is 2.63. The molecule has 5 nitrogen and oxygen atoms in total. The van der Waals surface area contributed by atoms with Gasteiger partial charge in [0.25, 0.3) is 0 Å². The molecule has 2 fully saturated rings. The highest BCUT2D eigenvalue weighted by Gasteiger charge is 2.54. The van der Waals surface area contributed by atoms with Crippen LogP contribution in [0, 0.1) is 0 Å². The number of thioether (sulfide) groups is 1. The second-order valence-corrected chi connectivity index (χ2v) is 5.88. The van der Waals surface area contributed by atoms with Gasteiger partial charge in [0.05, 0.1) is 0 Å². The first-order valence-corrected chi connectivity index (χ1v) is 6.73. The third kappa shape index (κ3) is 2.69. The average Bonchev–Trinajstić information content (AvgIpc) is 2.48. The van der Waals surface area contributed by atoms with Gasteiger partial charge in [-0.15, -0.1) is 23.4 Å². The largest absolute Gasteiger partial charge is 0.456 e. The third-order valence-corrected chi connectivity index (χ3v) is 4.36. The molecule has 2 aliphatic rings. The molecule has 5 atom stereocenters. The van der Waals surface area contributed by atoms with Gasteiger partial charge in [0, 0.05) is 19.6 Å². The molecule has 0 amide bonds. The van der Waals surface area contributed by atoms with E-state index in [1.165, 1.54) is 25.6 Å². The number of hydrogen-bond donors (Lipinski definition) is 0. The van der Waals surface area contributed by atoms with Crippen molar-refractivity contribution in [3.05, 3.63) is 0 Å². The van der Waals surface area contributed by atoms with E-state index in [2.05, 4.69) is 0 Å². The lowest BCUT2D eigenvalue weighted by atomic mass is 10.1. The van der Waals surface area contributed by atoms with Gasteiger partial charge in [0.2, 0.25) is 0 Å². The van der Waals surface area contributed by atoms with E-state index in [4.69, 9.17) is 25.8 Å². The Labute approximate surface area is 108 Å². The van der Waals surface area contributed by atoms with Crippen LogP contribution in [0.15, 0.2) is 0 Å². The first-order chi connectivity index (χ1) is 7.99. The standard InChI is InChI=1S/C10H13ClO5S/c1-4(12)14-7-6-3-17-10(11)9(16-6)8(7)15-5(2)13/h6-10H,3H2,1-2H3/t6-,7+,8-,9-,10+/m0/s1. The minimum absolute atomic E-state index is 0.256. The van der Waals surface area contributed by atoms with Crippen LogP contribution in [0.5, 0.6) is 0 Å². The van der Waals surface area contributed by atoms with Gasteiger partial charge < -0.3 is 14.2 Å². The predicted molar refractivity (Wildman–Crippen MR) is 61.9 cm³/mol. The van der Waals surface area contributed by atoms with Gasteiger partial charge in [-0.1, -0.05) is 0 Å². The maximum Gasteiger partial charge on any atom is 0.303 e. The van der Waals surface area contributed by atoms with Crippen molar-refractivity contribution in [1.29, 1.82) is 0 Å². The molecular formula is C10H13ClO5S. The van der Waals surface area contributed by atoms with Gasteiger partial charge in [-0.3, -0.25) is 9.59 Å². The molecule has 0 radical (unpaired) electrons. The van der Waals surface area contributed by atoms with E-state index in [9.17, 15) is 9.59 Å². The molecule has 0 aromatic rings. The summed E-state index contributed by atoms with van der Waals surface area (Å²) in [5.41, 5.74) is 0. The molecule has 2 bridgehead atoms. The van der Waals surface area contributed by atoms with Crippen LogP contribution in [0.2, 0.25) is 0 Å². The third-order valence-electron chi connectivity index (χ3n) is 2.63. The number of alkyl halides is 1. The van der Waals surface area contributed by atoms with Crippen LogP contribution in [0.4, 0.5) is 0 Å². The summed E-state index contributed by atoms with van der Waals surface area (Å²) in [6, 6.07) is 0. The maximum atomic E-state index is 11.1. The van der Waals surface area contributed by atoms with Gasteiger partial charge in [-0.2, -0.15) is 0 Å². The molecule has 0 saturated carbocycles. The number of fused-ring (bicyclic) bond motifs is 2. The minimum Gasteiger partial charge on any atom is -0.456 e. The van der Waals surface area contributed by atoms with E-state index >= 15 is 0 Å². The van der Waals surface area contributed by atoms with Crippen LogP contribution in [-0.4, -0.2) is 46.8 Å². The monoisotopic (exact) mass is 280 g/mol. The van der Waals surface area contributed by atoms with Gasteiger partial charge in [0.1, 0.15) is 16.9 Å². The molecular weight excluding hydrogens is 268 g/mol. The van der Waals surface area contributed by atoms with E-state index in [1.54, 1.807) is 0 Å². The highest BCUT2D eigenvalue weighted by Crippen LogP contribution is 2.41. The molecule has 0 aliphatic carbocycles. The summed E-state index contributed by atoms with van der Waals surface area (Å²) in [5, 5.41) is 0. The Morgan fingerprint density at radius 3 is 2.41 bits per heavy atom. The van der Waals surface area contributed by atoms with E-state index in [1.807, 2.05) is 0 Å². The molecule has 0 unspecified atom stereocenters. The second-order valence-electron chi connectivity index (χ2n) is 3.97. The van der Waals surface area contributed by atoms with Crippen molar-refractivity contribution in [2.45, 2.75) is 43.0 Å². The van der Waals surface area contributed by atoms with Gasteiger partial charge in [-0.25, -0.2) is 0 Å². The van der Waals surface area contributed by atoms with Gasteiger partial charge >= 0.3 is 11.9 Å². The summed E-state index contributed by atoms with van der Waals surface area (Å²) in [5.74, 6) is -0.225. The zero-order valence-corrected chi connectivity index (χ0v) is 11.0. The molecule has 17 heavy (non-hydrogen) atoms. The van der Waals surface area contributed by atoms with Crippen LogP contribution >= 0.6 is 23.4 Å². The minimum atomic E-state index is -0.612. The molecule has 96 valence electrons. The zero-order valence-electron chi connectivity index (χ0n) is 9.42. The Balaban J connectivity index is 2.16. The Hall–Kier alpha value is -0.460. The van der Waals surface area contributed by atoms with Gasteiger partial charge in [0.15, 0.2) is 12.2 Å². The van der Waals surface area contributed by atoms with E-state index in [0.717, 1.165) is 0 Å². The van der Waals surface area contributed by atoms with Crippen molar-refractivity contribution >= 4 is 35.3 Å². The van der Waals surface area contributed by atoms with Crippen molar-refractivity contribution in [2.24, 2.45) is 0 Å². The normalized spacial score (nSPS) is 39.8. The van der Waals surface area contributed by atoms with Gasteiger partial charge in [-0.05, 0) is 0 Å². The van der Waals surface area contributed by atoms with Crippen LogP contribution in [0.3, 0.4) is 0 Å². The number of carbonyl (C=O) groups is 2. The number of esters is 2. The summed E-state index contributed by atoms with van der Waals surface area (Å²) < 4.78 is 15.7.